The molecule has 2 aromatic carbocycles. The van der Waals surface area contributed by atoms with Gasteiger partial charge in [0, 0.05) is 18.0 Å². The molecule has 0 spiro atoms. The maximum atomic E-state index is 12.9. The number of aromatic nitrogens is 3. The first-order valence-corrected chi connectivity index (χ1v) is 9.03. The van der Waals surface area contributed by atoms with Crippen molar-refractivity contribution in [2.45, 2.75) is 19.6 Å². The van der Waals surface area contributed by atoms with E-state index in [0.717, 1.165) is 22.4 Å². The molecule has 0 bridgehead atoms. The van der Waals surface area contributed by atoms with Crippen LogP contribution >= 0.6 is 0 Å². The van der Waals surface area contributed by atoms with Gasteiger partial charge in [0.25, 0.3) is 5.56 Å². The minimum atomic E-state index is -0.762. The predicted molar refractivity (Wildman–Crippen MR) is 108 cm³/mol. The Labute approximate surface area is 162 Å². The molecule has 0 saturated heterocycles. The third kappa shape index (κ3) is 3.42. The largest absolute Gasteiger partial charge is 0.497 e. The van der Waals surface area contributed by atoms with Crippen LogP contribution in [0.15, 0.2) is 71.8 Å². The number of aliphatic hydroxyl groups excluding tert-OH is 1. The molecule has 4 aromatic rings. The molecule has 0 saturated carbocycles. The molecule has 0 unspecified atom stereocenters. The van der Waals surface area contributed by atoms with Crippen LogP contribution in [0, 0.1) is 6.92 Å². The highest BCUT2D eigenvalue weighted by Crippen LogP contribution is 2.23. The first-order chi connectivity index (χ1) is 13.5. The first-order valence-electron chi connectivity index (χ1n) is 9.03. The summed E-state index contributed by atoms with van der Waals surface area (Å²) < 4.78 is 8.33. The summed E-state index contributed by atoms with van der Waals surface area (Å²) >= 11 is 0. The van der Waals surface area contributed by atoms with Crippen molar-refractivity contribution in [2.24, 2.45) is 0 Å². The van der Waals surface area contributed by atoms with Crippen molar-refractivity contribution < 1.29 is 9.84 Å². The fraction of sp³-hybridized carbons (Fsp3) is 0.182. The average Bonchev–Trinajstić information content (AvgIpc) is 3.16. The first kappa shape index (κ1) is 18.0. The number of hydrogen-bond acceptors (Lipinski definition) is 4. The number of ether oxygens (including phenoxy) is 1. The highest BCUT2D eigenvalue weighted by molar-refractivity contribution is 5.66. The van der Waals surface area contributed by atoms with Crippen molar-refractivity contribution in [1.82, 2.24) is 14.2 Å². The molecule has 2 heterocycles. The summed E-state index contributed by atoms with van der Waals surface area (Å²) in [6, 6.07) is 16.9. The Balaban J connectivity index is 1.67. The Kier molecular flexibility index (Phi) is 4.71. The summed E-state index contributed by atoms with van der Waals surface area (Å²) in [6.07, 6.45) is 2.61. The number of nitrogens with zero attached hydrogens (tertiary/aromatic N) is 3. The molecule has 0 aliphatic carbocycles. The van der Waals surface area contributed by atoms with Crippen molar-refractivity contribution >= 4 is 5.52 Å². The van der Waals surface area contributed by atoms with Crippen LogP contribution in [0.1, 0.15) is 17.2 Å². The Morgan fingerprint density at radius 2 is 1.89 bits per heavy atom. The van der Waals surface area contributed by atoms with E-state index in [1.54, 1.807) is 30.1 Å². The molecule has 142 valence electrons. The van der Waals surface area contributed by atoms with Crippen LogP contribution in [0.5, 0.6) is 5.75 Å². The van der Waals surface area contributed by atoms with Gasteiger partial charge >= 0.3 is 0 Å². The third-order valence-corrected chi connectivity index (χ3v) is 4.80. The van der Waals surface area contributed by atoms with Gasteiger partial charge in [-0.25, -0.2) is 4.52 Å². The number of fused-ring (bicyclic) bond motifs is 1. The van der Waals surface area contributed by atoms with Gasteiger partial charge in [-0.3, -0.25) is 4.79 Å². The molecule has 0 fully saturated rings. The van der Waals surface area contributed by atoms with Gasteiger partial charge in [-0.05, 0) is 30.7 Å². The van der Waals surface area contributed by atoms with Gasteiger partial charge in [0.05, 0.1) is 25.5 Å². The molecule has 1 atom stereocenters. The summed E-state index contributed by atoms with van der Waals surface area (Å²) in [5, 5.41) is 15.0. The molecule has 1 N–H and O–H groups in total. The van der Waals surface area contributed by atoms with E-state index in [0.29, 0.717) is 11.2 Å². The van der Waals surface area contributed by atoms with E-state index in [2.05, 4.69) is 5.10 Å². The SMILES string of the molecule is COc1cccc(-c2cc3c(=O)n(C[C@@H](O)c4ccc(C)cc4)ccn3n2)c1. The Morgan fingerprint density at radius 1 is 1.11 bits per heavy atom. The van der Waals surface area contributed by atoms with E-state index >= 15 is 0 Å². The minimum absolute atomic E-state index is 0.179. The lowest BCUT2D eigenvalue weighted by atomic mass is 10.1. The average molecular weight is 375 g/mol. The lowest BCUT2D eigenvalue weighted by Gasteiger charge is -2.13. The van der Waals surface area contributed by atoms with E-state index < -0.39 is 6.10 Å². The normalized spacial score (nSPS) is 12.2. The smallest absolute Gasteiger partial charge is 0.276 e. The van der Waals surface area contributed by atoms with Crippen LogP contribution in [-0.4, -0.2) is 26.4 Å². The van der Waals surface area contributed by atoms with Crippen LogP contribution in [0.3, 0.4) is 0 Å². The van der Waals surface area contributed by atoms with Crippen LogP contribution in [0.4, 0.5) is 0 Å². The fourth-order valence-corrected chi connectivity index (χ4v) is 3.17. The Morgan fingerprint density at radius 3 is 2.64 bits per heavy atom. The van der Waals surface area contributed by atoms with Crippen molar-refractivity contribution in [3.05, 3.63) is 88.5 Å². The number of hydrogen-bond donors (Lipinski definition) is 1. The third-order valence-electron chi connectivity index (χ3n) is 4.80. The lowest BCUT2D eigenvalue weighted by molar-refractivity contribution is 0.155. The molecule has 6 heteroatoms. The Hall–Kier alpha value is -3.38. The number of methoxy groups -OCH3 is 1. The zero-order valence-corrected chi connectivity index (χ0v) is 15.7. The topological polar surface area (TPSA) is 68.8 Å². The molecule has 28 heavy (non-hydrogen) atoms. The van der Waals surface area contributed by atoms with Crippen molar-refractivity contribution in [3.8, 4) is 17.0 Å². The molecule has 0 amide bonds. The highest BCUT2D eigenvalue weighted by Gasteiger charge is 2.13. The number of rotatable bonds is 5. The van der Waals surface area contributed by atoms with Crippen molar-refractivity contribution in [1.29, 1.82) is 0 Å². The molecule has 0 radical (unpaired) electrons. The molecular weight excluding hydrogens is 354 g/mol. The van der Waals surface area contributed by atoms with Crippen molar-refractivity contribution in [3.63, 3.8) is 0 Å². The zero-order chi connectivity index (χ0) is 19.7. The quantitative estimate of drug-likeness (QED) is 0.582. The second-order valence-corrected chi connectivity index (χ2v) is 6.77. The fourth-order valence-electron chi connectivity index (χ4n) is 3.17. The number of benzene rings is 2. The van der Waals surface area contributed by atoms with Crippen LogP contribution in [-0.2, 0) is 6.54 Å². The molecule has 0 aliphatic heterocycles. The maximum Gasteiger partial charge on any atom is 0.276 e. The van der Waals surface area contributed by atoms with E-state index in [4.69, 9.17) is 4.74 Å². The van der Waals surface area contributed by atoms with Gasteiger partial charge in [-0.1, -0.05) is 42.0 Å². The molecule has 0 aliphatic rings. The molecule has 4 rings (SSSR count). The summed E-state index contributed by atoms with van der Waals surface area (Å²) in [5.74, 6) is 0.730. The molecule has 2 aromatic heterocycles. The summed E-state index contributed by atoms with van der Waals surface area (Å²) in [7, 11) is 1.61. The number of aryl methyl sites for hydroxylation is 1. The van der Waals surface area contributed by atoms with Gasteiger partial charge in [0.2, 0.25) is 0 Å². The van der Waals surface area contributed by atoms with Crippen LogP contribution in [0.2, 0.25) is 0 Å². The molecule has 6 nitrogen and oxygen atoms in total. The zero-order valence-electron chi connectivity index (χ0n) is 15.7. The summed E-state index contributed by atoms with van der Waals surface area (Å²) in [4.78, 5) is 12.9. The second kappa shape index (κ2) is 7.32. The van der Waals surface area contributed by atoms with Gasteiger partial charge in [-0.2, -0.15) is 5.10 Å². The highest BCUT2D eigenvalue weighted by atomic mass is 16.5. The number of aliphatic hydroxyl groups is 1. The van der Waals surface area contributed by atoms with Gasteiger partial charge < -0.3 is 14.4 Å². The predicted octanol–water partition coefficient (Wildman–Crippen LogP) is 3.21. The van der Waals surface area contributed by atoms with E-state index in [9.17, 15) is 9.90 Å². The van der Waals surface area contributed by atoms with Gasteiger partial charge in [0.15, 0.2) is 0 Å². The van der Waals surface area contributed by atoms with Crippen LogP contribution < -0.4 is 10.3 Å². The molecular formula is C22H21N3O3. The summed E-state index contributed by atoms with van der Waals surface area (Å²) in [6.45, 7) is 2.17. The van der Waals surface area contributed by atoms with E-state index in [-0.39, 0.29) is 12.1 Å². The standard InChI is InChI=1S/C22H21N3O3/c1-15-6-8-16(9-7-15)21(26)14-24-10-11-25-20(22(24)27)13-19(23-25)17-4-3-5-18(12-17)28-2/h3-13,21,26H,14H2,1-2H3/t21-/m1/s1. The summed E-state index contributed by atoms with van der Waals surface area (Å²) in [5.41, 5.74) is 3.72. The lowest BCUT2D eigenvalue weighted by Crippen LogP contribution is -2.24. The van der Waals surface area contributed by atoms with Crippen molar-refractivity contribution in [2.75, 3.05) is 7.11 Å². The maximum absolute atomic E-state index is 12.9. The van der Waals surface area contributed by atoms with Gasteiger partial charge in [0.1, 0.15) is 11.3 Å². The monoisotopic (exact) mass is 375 g/mol. The van der Waals surface area contributed by atoms with E-state index in [1.165, 1.54) is 4.57 Å². The Bertz CT molecular complexity index is 1180. The van der Waals surface area contributed by atoms with Gasteiger partial charge in [-0.15, -0.1) is 0 Å². The van der Waals surface area contributed by atoms with Crippen LogP contribution in [0.25, 0.3) is 16.8 Å². The minimum Gasteiger partial charge on any atom is -0.497 e. The van der Waals surface area contributed by atoms with E-state index in [1.807, 2.05) is 55.5 Å². The second-order valence-electron chi connectivity index (χ2n) is 6.77.